The lowest BCUT2D eigenvalue weighted by atomic mass is 9.97. The highest BCUT2D eigenvalue weighted by molar-refractivity contribution is 7.81. The van der Waals surface area contributed by atoms with Crippen LogP contribution in [-0.2, 0) is 105 Å². The van der Waals surface area contributed by atoms with E-state index in [4.69, 9.17) is 11.5 Å². The van der Waals surface area contributed by atoms with E-state index < -0.39 is 272 Å². The number of rotatable bonds is 48. The van der Waals surface area contributed by atoms with Crippen molar-refractivity contribution in [2.45, 2.75) is 197 Å². The molecule has 20 N–H and O–H groups in total. The fourth-order valence-electron chi connectivity index (χ4n) is 9.51. The monoisotopic (exact) mass is 1460 g/mol. The molecule has 0 fully saturated rings. The summed E-state index contributed by atoms with van der Waals surface area (Å²) < 4.78 is 38.1. The minimum Gasteiger partial charge on any atom is -0.716 e. The lowest BCUT2D eigenvalue weighted by Crippen LogP contribution is -2.61. The summed E-state index contributed by atoms with van der Waals surface area (Å²) in [5, 5.41) is 80.6. The Bertz CT molecular complexity index is 3450. The Balaban J connectivity index is 2.55. The fourth-order valence-corrected chi connectivity index (χ4v) is 9.86. The highest BCUT2D eigenvalue weighted by atomic mass is 32.3. The van der Waals surface area contributed by atoms with E-state index in [9.17, 15) is 125 Å². The number of carbonyl (C=O) groups is 17. The third-order valence-electron chi connectivity index (χ3n) is 15.1. The van der Waals surface area contributed by atoms with Crippen molar-refractivity contribution in [3.05, 3.63) is 65.7 Å². The lowest BCUT2D eigenvalue weighted by molar-refractivity contribution is -0.143. The van der Waals surface area contributed by atoms with Gasteiger partial charge in [-0.2, -0.15) is 0 Å². The highest BCUT2D eigenvalue weighted by Gasteiger charge is 2.38. The molecule has 11 amide bonds. The summed E-state index contributed by atoms with van der Waals surface area (Å²) in [4.78, 5) is 222. The summed E-state index contributed by atoms with van der Waals surface area (Å²) in [6, 6.07) is -7.13. The van der Waals surface area contributed by atoms with E-state index in [1.807, 2.05) is 0 Å². The van der Waals surface area contributed by atoms with Gasteiger partial charge in [-0.05, 0) is 80.5 Å². The molecule has 40 heteroatoms. The van der Waals surface area contributed by atoms with Crippen molar-refractivity contribution in [1.29, 1.82) is 0 Å². The molecule has 0 heterocycles. The van der Waals surface area contributed by atoms with Crippen LogP contribution in [0.4, 0.5) is 0 Å². The highest BCUT2D eigenvalue weighted by Crippen LogP contribution is 2.18. The minimum absolute atomic E-state index is 0.0869. The maximum absolute atomic E-state index is 14.4. The summed E-state index contributed by atoms with van der Waals surface area (Å²) in [7, 11) is -5.28. The van der Waals surface area contributed by atoms with E-state index in [2.05, 4.69) is 57.4 Å². The number of amides is 11. The van der Waals surface area contributed by atoms with Crippen LogP contribution in [0.1, 0.15) is 129 Å². The molecule has 0 saturated carbocycles. The number of benzene rings is 2. The first-order valence-electron chi connectivity index (χ1n) is 31.8. The first kappa shape index (κ1) is 87.2. The van der Waals surface area contributed by atoms with Gasteiger partial charge in [0.2, 0.25) is 65.0 Å². The number of nitrogens with two attached hydrogens (primary N) is 2. The van der Waals surface area contributed by atoms with E-state index in [0.717, 1.165) is 31.2 Å². The number of aliphatic carboxylic acids is 6. The summed E-state index contributed by atoms with van der Waals surface area (Å²) in [6.45, 7) is 7.33. The molecule has 0 spiro atoms. The molecule has 2 rings (SSSR count). The van der Waals surface area contributed by atoms with Gasteiger partial charge in [0.15, 0.2) is 0 Å². The number of hydrogen-bond donors (Lipinski definition) is 18. The molecular weight excluding hydrogens is 1380 g/mol. The van der Waals surface area contributed by atoms with Crippen molar-refractivity contribution in [2.75, 3.05) is 0 Å². The van der Waals surface area contributed by atoms with Crippen molar-refractivity contribution >= 4 is 111 Å². The standard InChI is InChI=1S/C62H88N12O27S/c1-6-31(4)51(74-57(91)40(20-25-49(82)83)68-55(89)38(18-23-47(78)79)69-59(93)43(27-33-10-8-7-9-11-33)71-53(87)36(63)29-50(84)85)61(95)65-32(5)52(86)66-37(17-22-46(76)77)54(88)67-39(19-24-48(80)81)56(90)73-44(28-34-12-14-35(15-13-34)101-102(98,99)100)60(94)72-42(26-30(2)3)58(92)70-41(62(96)97)16-21-45(64)75/h7-15,30-32,36-44,51H,6,16-29,63H2,1-5H3,(H2,64,75)(H,65,95)(H,66,86)(H,67,88)(H,68,89)(H,69,93)(H,70,92)(H,71,87)(H,72,94)(H,73,90)(H,74,91)(H,76,77)(H,78,79)(H,80,81)(H,82,83)(H,84,85)(H,96,97)(H,98,99,100)/p-1/t31-,32-,36-,37-,38-,39-,40-,41-,42-,43-,44-,51-/m0/s1. The largest absolute Gasteiger partial charge is 0.716 e. The lowest BCUT2D eigenvalue weighted by Gasteiger charge is -2.29. The molecule has 0 unspecified atom stereocenters. The molecular formula is C62H87N12O27S-. The molecule has 39 nitrogen and oxygen atoms in total. The van der Waals surface area contributed by atoms with Gasteiger partial charge >= 0.3 is 35.8 Å². The first-order valence-corrected chi connectivity index (χ1v) is 33.1. The van der Waals surface area contributed by atoms with E-state index >= 15 is 0 Å². The molecule has 564 valence electrons. The van der Waals surface area contributed by atoms with Crippen molar-refractivity contribution in [3.8, 4) is 5.75 Å². The fraction of sp³-hybridized carbons (Fsp3) is 0.532. The Labute approximate surface area is 583 Å². The normalized spacial score (nSPS) is 14.7. The van der Waals surface area contributed by atoms with Crippen LogP contribution in [0.5, 0.6) is 5.75 Å². The average Bonchev–Trinajstić information content (AvgIpc) is 0.857. The third-order valence-corrected chi connectivity index (χ3v) is 15.5. The zero-order valence-corrected chi connectivity index (χ0v) is 56.9. The Hall–Kier alpha value is -10.9. The molecule has 12 atom stereocenters. The first-order chi connectivity index (χ1) is 47.6. The van der Waals surface area contributed by atoms with Crippen molar-refractivity contribution in [1.82, 2.24) is 53.2 Å². The van der Waals surface area contributed by atoms with Crippen LogP contribution >= 0.6 is 0 Å². The van der Waals surface area contributed by atoms with Gasteiger partial charge in [0.05, 0.1) is 12.5 Å². The molecule has 0 saturated heterocycles. The quantitative estimate of drug-likeness (QED) is 0.0221. The van der Waals surface area contributed by atoms with Crippen LogP contribution < -0.4 is 68.8 Å². The predicted octanol–water partition coefficient (Wildman–Crippen LogP) is -4.12. The molecule has 0 aromatic heterocycles. The predicted molar refractivity (Wildman–Crippen MR) is 348 cm³/mol. The molecule has 0 bridgehead atoms. The summed E-state index contributed by atoms with van der Waals surface area (Å²) >= 11 is 0. The van der Waals surface area contributed by atoms with Gasteiger partial charge in [-0.15, -0.1) is 0 Å². The van der Waals surface area contributed by atoms with Gasteiger partial charge in [0, 0.05) is 44.9 Å². The Morgan fingerprint density at radius 3 is 1.17 bits per heavy atom. The van der Waals surface area contributed by atoms with Crippen LogP contribution in [-0.4, -0.2) is 211 Å². The zero-order chi connectivity index (χ0) is 77.3. The van der Waals surface area contributed by atoms with Crippen LogP contribution in [0.2, 0.25) is 0 Å². The molecule has 0 aliphatic heterocycles. The Morgan fingerprint density at radius 1 is 0.431 bits per heavy atom. The zero-order valence-electron chi connectivity index (χ0n) is 56.1. The maximum atomic E-state index is 14.4. The summed E-state index contributed by atoms with van der Waals surface area (Å²) in [5.74, 6) is -23.7. The van der Waals surface area contributed by atoms with Crippen LogP contribution in [0, 0.1) is 11.8 Å². The molecule has 2 aromatic carbocycles. The topological polar surface area (TPSA) is 650 Å². The van der Waals surface area contributed by atoms with Gasteiger partial charge in [-0.25, -0.2) is 13.2 Å². The SMILES string of the molecule is CC[C@H](C)[C@H](NC(=O)[C@H](CCC(=O)O)NC(=O)[C@H](CCC(=O)O)NC(=O)[C@H](Cc1ccccc1)NC(=O)[C@@H](N)CC(=O)O)C(=O)N[C@@H](C)C(=O)N[C@@H](CCC(=O)O)C(=O)N[C@@H](CCC(=O)O)C(=O)N[C@@H](Cc1ccc(OS(=O)(=O)[O-])cc1)C(=O)N[C@@H](CC(C)C)C(=O)N[C@@H](CCC(N)=O)C(=O)O. The van der Waals surface area contributed by atoms with E-state index in [-0.39, 0.29) is 24.8 Å². The van der Waals surface area contributed by atoms with Gasteiger partial charge in [0.25, 0.3) is 10.4 Å². The third kappa shape index (κ3) is 33.8. The number of carboxylic acid groups (broad SMARTS) is 6. The number of primary amides is 1. The van der Waals surface area contributed by atoms with Crippen LogP contribution in [0.25, 0.3) is 0 Å². The van der Waals surface area contributed by atoms with Crippen LogP contribution in [0.15, 0.2) is 54.6 Å². The molecule has 2 aromatic rings. The molecule has 102 heavy (non-hydrogen) atoms. The Morgan fingerprint density at radius 2 is 0.784 bits per heavy atom. The molecule has 0 radical (unpaired) electrons. The second kappa shape index (κ2) is 42.9. The van der Waals surface area contributed by atoms with Gasteiger partial charge in [-0.1, -0.05) is 76.6 Å². The number of carboxylic acids is 6. The molecule has 0 aliphatic carbocycles. The number of carbonyl (C=O) groups excluding carboxylic acids is 11. The number of hydrogen-bond acceptors (Lipinski definition) is 22. The maximum Gasteiger partial charge on any atom is 0.326 e. The van der Waals surface area contributed by atoms with Gasteiger partial charge in [0.1, 0.15) is 66.2 Å². The number of nitrogens with one attached hydrogen (secondary N) is 10. The molecule has 0 aliphatic rings. The average molecular weight is 1460 g/mol. The Kier molecular flexibility index (Phi) is 36.7. The summed E-state index contributed by atoms with van der Waals surface area (Å²) in [5.41, 5.74) is 11.4. The van der Waals surface area contributed by atoms with Gasteiger partial charge < -0.3 is 104 Å². The van der Waals surface area contributed by atoms with E-state index in [1.54, 1.807) is 51.1 Å². The van der Waals surface area contributed by atoms with Crippen molar-refractivity contribution < 1.29 is 129 Å². The summed E-state index contributed by atoms with van der Waals surface area (Å²) in [6.07, 6.45) is -8.98. The van der Waals surface area contributed by atoms with Crippen LogP contribution in [0.3, 0.4) is 0 Å². The van der Waals surface area contributed by atoms with Gasteiger partial charge in [-0.3, -0.25) is 76.7 Å². The second-order valence-corrected chi connectivity index (χ2v) is 25.0. The smallest absolute Gasteiger partial charge is 0.326 e. The minimum atomic E-state index is -5.28. The van der Waals surface area contributed by atoms with Crippen molar-refractivity contribution in [2.24, 2.45) is 23.3 Å². The second-order valence-electron chi connectivity index (χ2n) is 24.0. The van der Waals surface area contributed by atoms with E-state index in [0.29, 0.717) is 5.56 Å². The van der Waals surface area contributed by atoms with E-state index in [1.165, 1.54) is 6.92 Å². The van der Waals surface area contributed by atoms with Crippen molar-refractivity contribution in [3.63, 3.8) is 0 Å².